The summed E-state index contributed by atoms with van der Waals surface area (Å²) < 4.78 is 7.77. The number of likely N-dealkylation sites (N-methyl/N-ethyl adjacent to an activating group) is 1. The Hall–Kier alpha value is -1.65. The zero-order valence-corrected chi connectivity index (χ0v) is 20.1. The highest BCUT2D eigenvalue weighted by Crippen LogP contribution is 2.21. The molecule has 0 amide bonds. The number of hydrogen-bond acceptors (Lipinski definition) is 4. The minimum Gasteiger partial charge on any atom is -0.370 e. The molecular formula is C21H33IN6O. The van der Waals surface area contributed by atoms with Gasteiger partial charge in [-0.1, -0.05) is 30.3 Å². The fraction of sp³-hybridized carbons (Fsp3) is 0.524. The van der Waals surface area contributed by atoms with Crippen molar-refractivity contribution in [1.82, 2.24) is 24.9 Å². The van der Waals surface area contributed by atoms with E-state index >= 15 is 0 Å². The Morgan fingerprint density at radius 2 is 2.10 bits per heavy atom. The number of aryl methyl sites for hydroxylation is 1. The van der Waals surface area contributed by atoms with Gasteiger partial charge < -0.3 is 19.9 Å². The third kappa shape index (κ3) is 6.68. The number of rotatable bonds is 6. The van der Waals surface area contributed by atoms with E-state index in [1.165, 1.54) is 5.56 Å². The standard InChI is InChI=1S/C21H32N6O.HI/c1-22-21(23-14-19(25(2)3)12-17-8-6-5-7-9-17)27-10-11-28-20(16-27)18-13-24-26(4)15-18;/h5-9,13,15,19-20H,10-12,14,16H2,1-4H3,(H,22,23);1H. The largest absolute Gasteiger partial charge is 0.370 e. The lowest BCUT2D eigenvalue weighted by Gasteiger charge is -2.35. The molecule has 1 aliphatic heterocycles. The topological polar surface area (TPSA) is 57.9 Å². The SMILES string of the molecule is CN=C(NCC(Cc1ccccc1)N(C)C)N1CCOC(c2cnn(C)c2)C1.I. The van der Waals surface area contributed by atoms with Crippen LogP contribution in [0.3, 0.4) is 0 Å². The van der Waals surface area contributed by atoms with Crippen molar-refractivity contribution in [2.45, 2.75) is 18.6 Å². The molecule has 3 rings (SSSR count). The first-order chi connectivity index (χ1) is 13.6. The van der Waals surface area contributed by atoms with Crippen molar-refractivity contribution in [2.75, 3.05) is 47.4 Å². The molecule has 1 aliphatic rings. The number of aliphatic imine (C=N–C) groups is 1. The zero-order valence-electron chi connectivity index (χ0n) is 17.8. The van der Waals surface area contributed by atoms with Gasteiger partial charge in [0.25, 0.3) is 0 Å². The van der Waals surface area contributed by atoms with Gasteiger partial charge in [-0.3, -0.25) is 9.67 Å². The first kappa shape index (κ1) is 23.6. The van der Waals surface area contributed by atoms with E-state index in [2.05, 4.69) is 69.6 Å². The van der Waals surface area contributed by atoms with Gasteiger partial charge in [0.15, 0.2) is 5.96 Å². The normalized spacial score (nSPS) is 18.4. The van der Waals surface area contributed by atoms with Crippen LogP contribution in [-0.2, 0) is 18.2 Å². The lowest BCUT2D eigenvalue weighted by Crippen LogP contribution is -2.51. The molecule has 0 saturated carbocycles. The summed E-state index contributed by atoms with van der Waals surface area (Å²) in [5, 5.41) is 7.84. The molecule has 1 fully saturated rings. The predicted molar refractivity (Wildman–Crippen MR) is 128 cm³/mol. The number of nitrogens with one attached hydrogen (secondary N) is 1. The Balaban J connectivity index is 0.00000300. The zero-order chi connectivity index (χ0) is 19.9. The van der Waals surface area contributed by atoms with Crippen LogP contribution in [-0.4, -0.2) is 79.0 Å². The summed E-state index contributed by atoms with van der Waals surface area (Å²) >= 11 is 0. The molecule has 1 aromatic heterocycles. The summed E-state index contributed by atoms with van der Waals surface area (Å²) in [7, 11) is 8.04. The van der Waals surface area contributed by atoms with Crippen molar-refractivity contribution in [3.05, 3.63) is 53.9 Å². The summed E-state index contributed by atoms with van der Waals surface area (Å²) in [5.41, 5.74) is 2.46. The van der Waals surface area contributed by atoms with Crippen molar-refractivity contribution in [1.29, 1.82) is 0 Å². The van der Waals surface area contributed by atoms with Crippen molar-refractivity contribution < 1.29 is 4.74 Å². The van der Waals surface area contributed by atoms with Gasteiger partial charge in [-0.25, -0.2) is 0 Å². The number of morpholine rings is 1. The summed E-state index contributed by atoms with van der Waals surface area (Å²) in [4.78, 5) is 9.06. The molecule has 1 saturated heterocycles. The molecule has 2 atom stereocenters. The summed E-state index contributed by atoms with van der Waals surface area (Å²) in [5.74, 6) is 0.928. The lowest BCUT2D eigenvalue weighted by molar-refractivity contribution is -0.00810. The number of guanidine groups is 1. The fourth-order valence-corrected chi connectivity index (χ4v) is 3.51. The van der Waals surface area contributed by atoms with Crippen LogP contribution < -0.4 is 5.32 Å². The first-order valence-corrected chi connectivity index (χ1v) is 9.83. The van der Waals surface area contributed by atoms with Gasteiger partial charge in [-0.2, -0.15) is 5.10 Å². The van der Waals surface area contributed by atoms with Crippen LogP contribution in [0.4, 0.5) is 0 Å². The van der Waals surface area contributed by atoms with Crippen LogP contribution in [0.15, 0.2) is 47.7 Å². The molecular weight excluding hydrogens is 479 g/mol. The molecule has 0 spiro atoms. The Morgan fingerprint density at radius 1 is 1.34 bits per heavy atom. The first-order valence-electron chi connectivity index (χ1n) is 9.83. The van der Waals surface area contributed by atoms with Gasteiger partial charge in [0.1, 0.15) is 6.10 Å². The summed E-state index contributed by atoms with van der Waals surface area (Å²) in [6.07, 6.45) is 4.92. The van der Waals surface area contributed by atoms with E-state index in [4.69, 9.17) is 4.74 Å². The Kier molecular flexibility index (Phi) is 9.38. The van der Waals surface area contributed by atoms with E-state index in [-0.39, 0.29) is 30.1 Å². The van der Waals surface area contributed by atoms with Crippen molar-refractivity contribution in [3.63, 3.8) is 0 Å². The molecule has 7 nitrogen and oxygen atoms in total. The van der Waals surface area contributed by atoms with Crippen LogP contribution in [0, 0.1) is 0 Å². The molecule has 8 heteroatoms. The van der Waals surface area contributed by atoms with Gasteiger partial charge in [-0.05, 0) is 26.1 Å². The molecule has 1 aromatic carbocycles. The Labute approximate surface area is 191 Å². The van der Waals surface area contributed by atoms with E-state index in [0.29, 0.717) is 12.6 Å². The minimum atomic E-state index is 0. The summed E-state index contributed by atoms with van der Waals surface area (Å²) in [6.45, 7) is 3.13. The molecule has 0 radical (unpaired) electrons. The van der Waals surface area contributed by atoms with E-state index in [0.717, 1.165) is 37.6 Å². The molecule has 2 heterocycles. The molecule has 0 aliphatic carbocycles. The third-order valence-electron chi connectivity index (χ3n) is 5.21. The van der Waals surface area contributed by atoms with E-state index in [1.54, 1.807) is 0 Å². The molecule has 0 bridgehead atoms. The van der Waals surface area contributed by atoms with E-state index < -0.39 is 0 Å². The maximum atomic E-state index is 5.96. The minimum absolute atomic E-state index is 0. The van der Waals surface area contributed by atoms with Gasteiger partial charge in [-0.15, -0.1) is 24.0 Å². The lowest BCUT2D eigenvalue weighted by atomic mass is 10.1. The monoisotopic (exact) mass is 512 g/mol. The van der Waals surface area contributed by atoms with E-state index in [1.807, 2.05) is 31.2 Å². The second-order valence-electron chi connectivity index (χ2n) is 7.49. The third-order valence-corrected chi connectivity index (χ3v) is 5.21. The number of benzene rings is 1. The maximum absolute atomic E-state index is 5.96. The second kappa shape index (κ2) is 11.5. The van der Waals surface area contributed by atoms with Crippen LogP contribution >= 0.6 is 24.0 Å². The fourth-order valence-electron chi connectivity index (χ4n) is 3.51. The Bertz CT molecular complexity index is 764. The smallest absolute Gasteiger partial charge is 0.193 e. The molecule has 29 heavy (non-hydrogen) atoms. The van der Waals surface area contributed by atoms with Crippen molar-refractivity contribution in [3.8, 4) is 0 Å². The van der Waals surface area contributed by atoms with Gasteiger partial charge in [0.2, 0.25) is 0 Å². The average Bonchev–Trinajstić information content (AvgIpc) is 3.15. The van der Waals surface area contributed by atoms with Crippen molar-refractivity contribution in [2.24, 2.45) is 12.0 Å². The van der Waals surface area contributed by atoms with Crippen LogP contribution in [0.2, 0.25) is 0 Å². The second-order valence-corrected chi connectivity index (χ2v) is 7.49. The van der Waals surface area contributed by atoms with Gasteiger partial charge in [0, 0.05) is 45.0 Å². The number of hydrogen-bond donors (Lipinski definition) is 1. The average molecular weight is 512 g/mol. The van der Waals surface area contributed by atoms with Gasteiger partial charge in [0.05, 0.1) is 19.3 Å². The summed E-state index contributed by atoms with van der Waals surface area (Å²) in [6, 6.07) is 11.0. The number of aromatic nitrogens is 2. The van der Waals surface area contributed by atoms with Crippen LogP contribution in [0.1, 0.15) is 17.2 Å². The maximum Gasteiger partial charge on any atom is 0.193 e. The highest BCUT2D eigenvalue weighted by molar-refractivity contribution is 14.0. The highest BCUT2D eigenvalue weighted by atomic mass is 127. The highest BCUT2D eigenvalue weighted by Gasteiger charge is 2.25. The van der Waals surface area contributed by atoms with Crippen LogP contribution in [0.5, 0.6) is 0 Å². The molecule has 2 aromatic rings. The number of halogens is 1. The quantitative estimate of drug-likeness (QED) is 0.366. The number of nitrogens with zero attached hydrogens (tertiary/aromatic N) is 5. The number of ether oxygens (including phenoxy) is 1. The Morgan fingerprint density at radius 3 is 2.72 bits per heavy atom. The molecule has 2 unspecified atom stereocenters. The molecule has 160 valence electrons. The van der Waals surface area contributed by atoms with Crippen molar-refractivity contribution >= 4 is 29.9 Å². The van der Waals surface area contributed by atoms with E-state index in [9.17, 15) is 0 Å². The predicted octanol–water partition coefficient (Wildman–Crippen LogP) is 2.16. The van der Waals surface area contributed by atoms with Gasteiger partial charge >= 0.3 is 0 Å². The molecule has 1 N–H and O–H groups in total. The van der Waals surface area contributed by atoms with Crippen LogP contribution in [0.25, 0.3) is 0 Å².